The van der Waals surface area contributed by atoms with Gasteiger partial charge in [-0.15, -0.1) is 0 Å². The summed E-state index contributed by atoms with van der Waals surface area (Å²) in [7, 11) is 0. The Kier molecular flexibility index (Phi) is 33.1. The maximum atomic E-state index is 12.5. The maximum absolute atomic E-state index is 12.5. The summed E-state index contributed by atoms with van der Waals surface area (Å²) in [5.41, 5.74) is 0. The number of carbonyl (C=O) groups is 3. The minimum atomic E-state index is -0.758. The van der Waals surface area contributed by atoms with E-state index in [4.69, 9.17) is 14.2 Å². The lowest BCUT2D eigenvalue weighted by Crippen LogP contribution is -2.30. The molecule has 0 amide bonds. The van der Waals surface area contributed by atoms with Crippen LogP contribution in [0.25, 0.3) is 0 Å². The van der Waals surface area contributed by atoms with Crippen LogP contribution < -0.4 is 0 Å². The maximum Gasteiger partial charge on any atom is 0.306 e. The molecule has 0 saturated carbocycles. The van der Waals surface area contributed by atoms with Crippen molar-refractivity contribution in [1.82, 2.24) is 0 Å². The van der Waals surface area contributed by atoms with Crippen LogP contribution in [0, 0.1) is 11.8 Å². The van der Waals surface area contributed by atoms with Crippen molar-refractivity contribution in [2.75, 3.05) is 13.2 Å². The van der Waals surface area contributed by atoms with Crippen LogP contribution in [0.3, 0.4) is 0 Å². The molecule has 0 spiro atoms. The summed E-state index contributed by atoms with van der Waals surface area (Å²) in [5.74, 6) is 0.706. The van der Waals surface area contributed by atoms with E-state index in [1.54, 1.807) is 0 Å². The molecule has 0 saturated heterocycles. The van der Waals surface area contributed by atoms with Gasteiger partial charge < -0.3 is 14.2 Å². The Morgan fingerprint density at radius 1 is 0.404 bits per heavy atom. The van der Waals surface area contributed by atoms with Crippen molar-refractivity contribution in [2.45, 2.75) is 221 Å². The number of ether oxygens (including phenoxy) is 3. The molecule has 0 bridgehead atoms. The van der Waals surface area contributed by atoms with E-state index in [2.05, 4.69) is 34.6 Å². The quantitative estimate of drug-likeness (QED) is 0.0380. The molecule has 0 rings (SSSR count). The molecule has 0 N–H and O–H groups in total. The van der Waals surface area contributed by atoms with E-state index in [-0.39, 0.29) is 31.1 Å². The van der Waals surface area contributed by atoms with Gasteiger partial charge in [0.1, 0.15) is 13.2 Å². The Morgan fingerprint density at radius 2 is 0.702 bits per heavy atom. The molecule has 0 aromatic heterocycles. The highest BCUT2D eigenvalue weighted by Gasteiger charge is 2.19. The fourth-order valence-electron chi connectivity index (χ4n) is 5.87. The average molecular weight is 667 g/mol. The van der Waals surface area contributed by atoms with Gasteiger partial charge in [-0.05, 0) is 31.1 Å². The second-order valence-corrected chi connectivity index (χ2v) is 14.9. The zero-order valence-electron chi connectivity index (χ0n) is 31.9. The van der Waals surface area contributed by atoms with Crippen molar-refractivity contribution in [3.8, 4) is 0 Å². The van der Waals surface area contributed by atoms with Crippen LogP contribution in [0.5, 0.6) is 0 Å². The lowest BCUT2D eigenvalue weighted by molar-refractivity contribution is -0.167. The number of unbranched alkanes of at least 4 members (excludes halogenated alkanes) is 20. The molecule has 0 aliphatic carbocycles. The summed E-state index contributed by atoms with van der Waals surface area (Å²) < 4.78 is 16.6. The molecular formula is C41H78O6. The summed E-state index contributed by atoms with van der Waals surface area (Å²) >= 11 is 0. The highest BCUT2D eigenvalue weighted by atomic mass is 16.6. The van der Waals surface area contributed by atoms with Crippen LogP contribution in [0.2, 0.25) is 0 Å². The molecule has 0 aliphatic heterocycles. The number of carbonyl (C=O) groups excluding carboxylic acids is 3. The van der Waals surface area contributed by atoms with Gasteiger partial charge >= 0.3 is 17.9 Å². The SMILES string of the molecule is CCCCCCCCCC(=O)O[C@H](COC(=O)CCCCCCCCCCCCC(C)C)COC(=O)CCCCCCCCC(C)C. The van der Waals surface area contributed by atoms with E-state index < -0.39 is 6.10 Å². The molecule has 278 valence electrons. The topological polar surface area (TPSA) is 78.9 Å². The molecule has 0 fully saturated rings. The third-order valence-electron chi connectivity index (χ3n) is 8.97. The van der Waals surface area contributed by atoms with Gasteiger partial charge in [0.05, 0.1) is 0 Å². The van der Waals surface area contributed by atoms with Crippen LogP contribution >= 0.6 is 0 Å². The zero-order chi connectivity index (χ0) is 34.8. The first kappa shape index (κ1) is 45.4. The lowest BCUT2D eigenvalue weighted by Gasteiger charge is -2.18. The van der Waals surface area contributed by atoms with Crippen molar-refractivity contribution >= 4 is 17.9 Å². The first-order valence-corrected chi connectivity index (χ1v) is 20.2. The summed E-state index contributed by atoms with van der Waals surface area (Å²) in [6.45, 7) is 11.2. The molecule has 0 radical (unpaired) electrons. The van der Waals surface area contributed by atoms with E-state index in [0.29, 0.717) is 19.3 Å². The molecule has 0 aromatic rings. The van der Waals surface area contributed by atoms with Crippen LogP contribution in [0.4, 0.5) is 0 Å². The third kappa shape index (κ3) is 35.5. The van der Waals surface area contributed by atoms with Crippen LogP contribution in [-0.2, 0) is 28.6 Å². The summed E-state index contributed by atoms with van der Waals surface area (Å²) in [5, 5.41) is 0. The number of hydrogen-bond acceptors (Lipinski definition) is 6. The fourth-order valence-corrected chi connectivity index (χ4v) is 5.87. The van der Waals surface area contributed by atoms with Crippen molar-refractivity contribution in [3.05, 3.63) is 0 Å². The summed E-state index contributed by atoms with van der Waals surface area (Å²) in [4.78, 5) is 37.3. The highest BCUT2D eigenvalue weighted by Crippen LogP contribution is 2.15. The Balaban J connectivity index is 4.28. The Morgan fingerprint density at radius 3 is 1.04 bits per heavy atom. The van der Waals surface area contributed by atoms with Gasteiger partial charge in [-0.2, -0.15) is 0 Å². The zero-order valence-corrected chi connectivity index (χ0v) is 31.9. The summed E-state index contributed by atoms with van der Waals surface area (Å²) in [6, 6.07) is 0. The molecule has 6 heteroatoms. The second-order valence-electron chi connectivity index (χ2n) is 14.9. The van der Waals surface area contributed by atoms with Crippen LogP contribution in [0.1, 0.15) is 214 Å². The molecule has 6 nitrogen and oxygen atoms in total. The molecule has 47 heavy (non-hydrogen) atoms. The Labute approximate surface area is 291 Å². The van der Waals surface area contributed by atoms with Crippen molar-refractivity contribution < 1.29 is 28.6 Å². The molecular weight excluding hydrogens is 588 g/mol. The van der Waals surface area contributed by atoms with Crippen molar-refractivity contribution in [3.63, 3.8) is 0 Å². The monoisotopic (exact) mass is 667 g/mol. The van der Waals surface area contributed by atoms with Crippen LogP contribution in [-0.4, -0.2) is 37.2 Å². The largest absolute Gasteiger partial charge is 0.462 e. The fraction of sp³-hybridized carbons (Fsp3) is 0.927. The Hall–Kier alpha value is -1.59. The van der Waals surface area contributed by atoms with E-state index in [9.17, 15) is 14.4 Å². The minimum Gasteiger partial charge on any atom is -0.462 e. The van der Waals surface area contributed by atoms with Crippen LogP contribution in [0.15, 0.2) is 0 Å². The van der Waals surface area contributed by atoms with Gasteiger partial charge in [0, 0.05) is 19.3 Å². The number of esters is 3. The predicted octanol–water partition coefficient (Wildman–Crippen LogP) is 12.2. The van der Waals surface area contributed by atoms with E-state index >= 15 is 0 Å². The van der Waals surface area contributed by atoms with Gasteiger partial charge in [0.25, 0.3) is 0 Å². The van der Waals surface area contributed by atoms with E-state index in [1.165, 1.54) is 103 Å². The summed E-state index contributed by atoms with van der Waals surface area (Å²) in [6.07, 6.45) is 29.7. The first-order chi connectivity index (χ1) is 22.7. The second kappa shape index (κ2) is 34.3. The number of hydrogen-bond donors (Lipinski definition) is 0. The third-order valence-corrected chi connectivity index (χ3v) is 8.97. The number of rotatable bonds is 35. The van der Waals surface area contributed by atoms with Gasteiger partial charge in [-0.25, -0.2) is 0 Å². The normalized spacial score (nSPS) is 12.1. The average Bonchev–Trinajstić information content (AvgIpc) is 3.03. The smallest absolute Gasteiger partial charge is 0.306 e. The van der Waals surface area contributed by atoms with Gasteiger partial charge in [-0.1, -0.05) is 176 Å². The van der Waals surface area contributed by atoms with E-state index in [0.717, 1.165) is 69.6 Å². The van der Waals surface area contributed by atoms with E-state index in [1.807, 2.05) is 0 Å². The predicted molar refractivity (Wildman–Crippen MR) is 196 cm³/mol. The highest BCUT2D eigenvalue weighted by molar-refractivity contribution is 5.71. The van der Waals surface area contributed by atoms with Gasteiger partial charge in [-0.3, -0.25) is 14.4 Å². The van der Waals surface area contributed by atoms with Gasteiger partial charge in [0.15, 0.2) is 6.10 Å². The molecule has 0 aliphatic rings. The molecule has 0 aromatic carbocycles. The molecule has 0 heterocycles. The van der Waals surface area contributed by atoms with Gasteiger partial charge in [0.2, 0.25) is 0 Å². The lowest BCUT2D eigenvalue weighted by atomic mass is 10.0. The Bertz CT molecular complexity index is 719. The molecule has 0 unspecified atom stereocenters. The standard InChI is InChI=1S/C41H78O6/c1-6-7-8-9-14-23-28-33-41(44)47-38(35-46-40(43)32-27-22-18-17-20-25-30-37(4)5)34-45-39(42)31-26-21-16-13-11-10-12-15-19-24-29-36(2)3/h36-38H,6-35H2,1-5H3/t38-/m1/s1. The minimum absolute atomic E-state index is 0.0670. The van der Waals surface area contributed by atoms with Crippen molar-refractivity contribution in [2.24, 2.45) is 11.8 Å². The molecule has 1 atom stereocenters. The first-order valence-electron chi connectivity index (χ1n) is 20.2. The van der Waals surface area contributed by atoms with Crippen molar-refractivity contribution in [1.29, 1.82) is 0 Å².